The standard InChI is InChI=1S/C18H22N2O5S/c1-2-11-20-26(24,25)15-8-6-7-14(12-15)16(21)19-13-18(17(22)23)9-4-3-5-10-18/h1,6-8,12,20H,3-5,9-11,13H2,(H,19,21)(H,22,23). The molecule has 1 aliphatic carbocycles. The van der Waals surface area contributed by atoms with Gasteiger partial charge in [0.25, 0.3) is 5.91 Å². The smallest absolute Gasteiger partial charge is 0.311 e. The number of nitrogens with one attached hydrogen (secondary N) is 2. The third-order valence-corrected chi connectivity index (χ3v) is 6.02. The third kappa shape index (κ3) is 4.62. The fraction of sp³-hybridized carbons (Fsp3) is 0.444. The average molecular weight is 378 g/mol. The van der Waals surface area contributed by atoms with Gasteiger partial charge in [0, 0.05) is 12.1 Å². The second kappa shape index (κ2) is 8.34. The molecular weight excluding hydrogens is 356 g/mol. The Bertz CT molecular complexity index is 820. The normalized spacial score (nSPS) is 16.4. The van der Waals surface area contributed by atoms with Crippen molar-refractivity contribution in [2.24, 2.45) is 5.41 Å². The number of rotatable bonds is 7. The minimum atomic E-state index is -3.81. The van der Waals surface area contributed by atoms with Gasteiger partial charge >= 0.3 is 5.97 Å². The molecule has 26 heavy (non-hydrogen) atoms. The van der Waals surface area contributed by atoms with Crippen LogP contribution in [0.25, 0.3) is 0 Å². The number of carboxylic acids is 1. The van der Waals surface area contributed by atoms with Crippen LogP contribution in [0.1, 0.15) is 42.5 Å². The van der Waals surface area contributed by atoms with Gasteiger partial charge in [-0.3, -0.25) is 9.59 Å². The Morgan fingerprint density at radius 1 is 1.23 bits per heavy atom. The van der Waals surface area contributed by atoms with Gasteiger partial charge in [-0.2, -0.15) is 4.72 Å². The van der Waals surface area contributed by atoms with Crippen LogP contribution in [0, 0.1) is 17.8 Å². The molecular formula is C18H22N2O5S. The van der Waals surface area contributed by atoms with Crippen molar-refractivity contribution in [1.29, 1.82) is 0 Å². The van der Waals surface area contributed by atoms with E-state index in [9.17, 15) is 23.1 Å². The molecule has 0 saturated heterocycles. The van der Waals surface area contributed by atoms with Crippen LogP contribution in [0.5, 0.6) is 0 Å². The molecule has 0 atom stereocenters. The molecule has 0 radical (unpaired) electrons. The molecule has 1 fully saturated rings. The lowest BCUT2D eigenvalue weighted by molar-refractivity contribution is -0.150. The van der Waals surface area contributed by atoms with Gasteiger partial charge in [-0.25, -0.2) is 8.42 Å². The maximum absolute atomic E-state index is 12.4. The molecule has 1 aromatic rings. The van der Waals surface area contributed by atoms with Gasteiger partial charge in [0.1, 0.15) is 0 Å². The number of carbonyl (C=O) groups is 2. The van der Waals surface area contributed by atoms with Crippen molar-refractivity contribution in [3.05, 3.63) is 29.8 Å². The maximum Gasteiger partial charge on any atom is 0.311 e. The summed E-state index contributed by atoms with van der Waals surface area (Å²) in [5.74, 6) is 0.758. The molecule has 8 heteroatoms. The number of terminal acetylenes is 1. The second-order valence-corrected chi connectivity index (χ2v) is 8.15. The van der Waals surface area contributed by atoms with Gasteiger partial charge in [0.2, 0.25) is 10.0 Å². The third-order valence-electron chi connectivity index (χ3n) is 4.62. The summed E-state index contributed by atoms with van der Waals surface area (Å²) in [5, 5.41) is 12.2. The van der Waals surface area contributed by atoms with Crippen molar-refractivity contribution in [1.82, 2.24) is 10.0 Å². The van der Waals surface area contributed by atoms with E-state index in [1.165, 1.54) is 24.3 Å². The quantitative estimate of drug-likeness (QED) is 0.620. The monoisotopic (exact) mass is 378 g/mol. The van der Waals surface area contributed by atoms with Crippen LogP contribution < -0.4 is 10.0 Å². The first-order valence-electron chi connectivity index (χ1n) is 8.35. The molecule has 0 bridgehead atoms. The van der Waals surface area contributed by atoms with E-state index in [2.05, 4.69) is 16.0 Å². The summed E-state index contributed by atoms with van der Waals surface area (Å²) in [5.41, 5.74) is -0.809. The summed E-state index contributed by atoms with van der Waals surface area (Å²) in [6.07, 6.45) is 8.72. The minimum Gasteiger partial charge on any atom is -0.481 e. The Morgan fingerprint density at radius 3 is 2.54 bits per heavy atom. The van der Waals surface area contributed by atoms with Crippen LogP contribution in [0.2, 0.25) is 0 Å². The van der Waals surface area contributed by atoms with E-state index in [0.717, 1.165) is 19.3 Å². The van der Waals surface area contributed by atoms with Crippen molar-refractivity contribution >= 4 is 21.9 Å². The topological polar surface area (TPSA) is 113 Å². The fourth-order valence-electron chi connectivity index (χ4n) is 3.07. The zero-order chi connectivity index (χ0) is 19.2. The van der Waals surface area contributed by atoms with E-state index in [1.54, 1.807) is 0 Å². The Morgan fingerprint density at radius 2 is 1.92 bits per heavy atom. The summed E-state index contributed by atoms with van der Waals surface area (Å²) < 4.78 is 26.4. The lowest BCUT2D eigenvalue weighted by Crippen LogP contribution is -2.44. The Hall–Kier alpha value is -2.37. The number of hydrogen-bond acceptors (Lipinski definition) is 4. The van der Waals surface area contributed by atoms with Crippen molar-refractivity contribution in [3.63, 3.8) is 0 Å². The number of hydrogen-bond donors (Lipinski definition) is 3. The van der Waals surface area contributed by atoms with Crippen LogP contribution in [0.15, 0.2) is 29.2 Å². The zero-order valence-electron chi connectivity index (χ0n) is 14.3. The molecule has 1 amide bonds. The molecule has 1 saturated carbocycles. The summed E-state index contributed by atoms with van der Waals surface area (Å²) in [4.78, 5) is 24.0. The number of sulfonamides is 1. The first-order chi connectivity index (χ1) is 12.3. The van der Waals surface area contributed by atoms with Gasteiger partial charge in [-0.1, -0.05) is 31.2 Å². The SMILES string of the molecule is C#CCNS(=O)(=O)c1cccc(C(=O)NCC2(C(=O)O)CCCCC2)c1. The average Bonchev–Trinajstić information content (AvgIpc) is 2.65. The van der Waals surface area contributed by atoms with E-state index in [0.29, 0.717) is 12.8 Å². The number of amides is 1. The fourth-order valence-corrected chi connectivity index (χ4v) is 4.05. The maximum atomic E-state index is 12.4. The minimum absolute atomic E-state index is 0.0213. The van der Waals surface area contributed by atoms with E-state index in [1.807, 2.05) is 0 Å². The van der Waals surface area contributed by atoms with Gasteiger partial charge in [-0.15, -0.1) is 6.42 Å². The molecule has 0 aliphatic heterocycles. The van der Waals surface area contributed by atoms with E-state index >= 15 is 0 Å². The number of benzene rings is 1. The first-order valence-corrected chi connectivity index (χ1v) is 9.84. The van der Waals surface area contributed by atoms with Crippen LogP contribution in [0.4, 0.5) is 0 Å². The predicted molar refractivity (Wildman–Crippen MR) is 96.0 cm³/mol. The summed E-state index contributed by atoms with van der Waals surface area (Å²) >= 11 is 0. The second-order valence-electron chi connectivity index (χ2n) is 6.39. The zero-order valence-corrected chi connectivity index (χ0v) is 15.1. The Balaban J connectivity index is 2.11. The highest BCUT2D eigenvalue weighted by molar-refractivity contribution is 7.89. The molecule has 0 spiro atoms. The Labute approximate surface area is 153 Å². The Kier molecular flexibility index (Phi) is 6.40. The summed E-state index contributed by atoms with van der Waals surface area (Å²) in [6, 6.07) is 5.52. The molecule has 140 valence electrons. The van der Waals surface area contributed by atoms with Crippen LogP contribution in [0.3, 0.4) is 0 Å². The lowest BCUT2D eigenvalue weighted by Gasteiger charge is -2.33. The highest BCUT2D eigenvalue weighted by Gasteiger charge is 2.39. The highest BCUT2D eigenvalue weighted by atomic mass is 32.2. The highest BCUT2D eigenvalue weighted by Crippen LogP contribution is 2.36. The largest absolute Gasteiger partial charge is 0.481 e. The van der Waals surface area contributed by atoms with Crippen LogP contribution >= 0.6 is 0 Å². The van der Waals surface area contributed by atoms with E-state index in [4.69, 9.17) is 6.42 Å². The van der Waals surface area contributed by atoms with Crippen molar-refractivity contribution in [2.75, 3.05) is 13.1 Å². The van der Waals surface area contributed by atoms with Crippen LogP contribution in [-0.4, -0.2) is 38.5 Å². The molecule has 3 N–H and O–H groups in total. The summed E-state index contributed by atoms with van der Waals surface area (Å²) in [6.45, 7) is -0.132. The molecule has 1 aromatic carbocycles. The van der Waals surface area contributed by atoms with Gasteiger partial charge < -0.3 is 10.4 Å². The van der Waals surface area contributed by atoms with Crippen molar-refractivity contribution < 1.29 is 23.1 Å². The van der Waals surface area contributed by atoms with Gasteiger partial charge in [0.05, 0.1) is 16.9 Å². The summed E-state index contributed by atoms with van der Waals surface area (Å²) in [7, 11) is -3.81. The van der Waals surface area contributed by atoms with Gasteiger partial charge in [0.15, 0.2) is 0 Å². The number of aliphatic carboxylic acids is 1. The lowest BCUT2D eigenvalue weighted by atomic mass is 9.74. The van der Waals surface area contributed by atoms with E-state index in [-0.39, 0.29) is 23.5 Å². The molecule has 7 nitrogen and oxygen atoms in total. The molecule has 0 aromatic heterocycles. The molecule has 2 rings (SSSR count). The van der Waals surface area contributed by atoms with Gasteiger partial charge in [-0.05, 0) is 31.0 Å². The number of carboxylic acid groups (broad SMARTS) is 1. The van der Waals surface area contributed by atoms with Crippen molar-refractivity contribution in [2.45, 2.75) is 37.0 Å². The molecule has 0 heterocycles. The predicted octanol–water partition coefficient (Wildman–Crippen LogP) is 1.36. The molecule has 0 unspecified atom stereocenters. The van der Waals surface area contributed by atoms with Crippen LogP contribution in [-0.2, 0) is 14.8 Å². The van der Waals surface area contributed by atoms with E-state index < -0.39 is 27.3 Å². The molecule has 1 aliphatic rings. The first kappa shape index (κ1) is 19.9. The van der Waals surface area contributed by atoms with Crippen molar-refractivity contribution in [3.8, 4) is 12.3 Å². The number of carbonyl (C=O) groups excluding carboxylic acids is 1.